The van der Waals surface area contributed by atoms with Gasteiger partial charge in [0.05, 0.1) is 18.7 Å². The number of amides is 1. The van der Waals surface area contributed by atoms with E-state index in [1.807, 2.05) is 24.3 Å². The van der Waals surface area contributed by atoms with Crippen LogP contribution in [0.5, 0.6) is 0 Å². The number of benzene rings is 1. The van der Waals surface area contributed by atoms with Crippen LogP contribution in [0.1, 0.15) is 32.8 Å². The third-order valence-electron chi connectivity index (χ3n) is 2.94. The summed E-state index contributed by atoms with van der Waals surface area (Å²) >= 11 is 3.43. The summed E-state index contributed by atoms with van der Waals surface area (Å²) in [6.07, 6.45) is 0.442. The summed E-state index contributed by atoms with van der Waals surface area (Å²) in [6.45, 7) is 6.79. The second-order valence-corrected chi connectivity index (χ2v) is 6.47. The van der Waals surface area contributed by atoms with Crippen LogP contribution in [0.25, 0.3) is 0 Å². The zero-order chi connectivity index (χ0) is 13.3. The molecule has 0 atom stereocenters. The molecule has 0 saturated heterocycles. The van der Waals surface area contributed by atoms with Gasteiger partial charge in [-0.1, -0.05) is 48.8 Å². The SMILES string of the molecule is CC(C)(C)C1=NN(Cc2cccc(Br)c2)C(=O)C1. The van der Waals surface area contributed by atoms with E-state index in [9.17, 15) is 4.79 Å². The van der Waals surface area contributed by atoms with Gasteiger partial charge < -0.3 is 0 Å². The molecule has 0 N–H and O–H groups in total. The summed E-state index contributed by atoms with van der Waals surface area (Å²) in [7, 11) is 0. The lowest BCUT2D eigenvalue weighted by atomic mass is 9.88. The van der Waals surface area contributed by atoms with Crippen LogP contribution in [0.3, 0.4) is 0 Å². The van der Waals surface area contributed by atoms with Crippen molar-refractivity contribution in [3.63, 3.8) is 0 Å². The Hall–Kier alpha value is -1.16. The molecule has 0 unspecified atom stereocenters. The molecule has 0 fully saturated rings. The molecule has 4 heteroatoms. The van der Waals surface area contributed by atoms with Gasteiger partial charge >= 0.3 is 0 Å². The van der Waals surface area contributed by atoms with Crippen molar-refractivity contribution in [3.05, 3.63) is 34.3 Å². The van der Waals surface area contributed by atoms with E-state index < -0.39 is 0 Å². The highest BCUT2D eigenvalue weighted by Gasteiger charge is 2.30. The van der Waals surface area contributed by atoms with Crippen LogP contribution in [0.4, 0.5) is 0 Å². The third kappa shape index (κ3) is 2.99. The predicted octanol–water partition coefficient (Wildman–Crippen LogP) is 3.58. The van der Waals surface area contributed by atoms with Crippen molar-refractivity contribution in [1.29, 1.82) is 0 Å². The minimum absolute atomic E-state index is 0.0400. The summed E-state index contributed by atoms with van der Waals surface area (Å²) in [4.78, 5) is 11.9. The molecule has 0 radical (unpaired) electrons. The molecule has 0 bridgehead atoms. The normalized spacial score (nSPS) is 16.1. The Morgan fingerprint density at radius 2 is 2.11 bits per heavy atom. The predicted molar refractivity (Wildman–Crippen MR) is 76.2 cm³/mol. The monoisotopic (exact) mass is 308 g/mol. The Morgan fingerprint density at radius 1 is 1.39 bits per heavy atom. The highest BCUT2D eigenvalue weighted by Crippen LogP contribution is 2.25. The second kappa shape index (κ2) is 4.84. The Kier molecular flexibility index (Phi) is 3.57. The van der Waals surface area contributed by atoms with Crippen LogP contribution in [-0.2, 0) is 11.3 Å². The number of rotatable bonds is 2. The maximum absolute atomic E-state index is 11.9. The molecule has 1 aliphatic heterocycles. The number of carbonyl (C=O) groups excluding carboxylic acids is 1. The molecule has 2 rings (SSSR count). The Morgan fingerprint density at radius 3 is 2.67 bits per heavy atom. The van der Waals surface area contributed by atoms with Gasteiger partial charge in [-0.2, -0.15) is 5.10 Å². The van der Waals surface area contributed by atoms with Gasteiger partial charge in [0.2, 0.25) is 5.91 Å². The van der Waals surface area contributed by atoms with Crippen molar-refractivity contribution in [3.8, 4) is 0 Å². The van der Waals surface area contributed by atoms with Gasteiger partial charge in [0.1, 0.15) is 0 Å². The largest absolute Gasteiger partial charge is 0.273 e. The maximum Gasteiger partial charge on any atom is 0.248 e. The van der Waals surface area contributed by atoms with Gasteiger partial charge in [0.25, 0.3) is 0 Å². The van der Waals surface area contributed by atoms with Crippen molar-refractivity contribution in [2.45, 2.75) is 33.7 Å². The molecule has 1 heterocycles. The van der Waals surface area contributed by atoms with Gasteiger partial charge in [-0.05, 0) is 17.7 Å². The Bertz CT molecular complexity index is 503. The summed E-state index contributed by atoms with van der Waals surface area (Å²) in [5.74, 6) is 0.0832. The van der Waals surface area contributed by atoms with Crippen LogP contribution in [0, 0.1) is 5.41 Å². The molecule has 1 aromatic carbocycles. The molecule has 0 saturated carbocycles. The van der Waals surface area contributed by atoms with Crippen LogP contribution < -0.4 is 0 Å². The zero-order valence-corrected chi connectivity index (χ0v) is 12.5. The first kappa shape index (κ1) is 13.3. The van der Waals surface area contributed by atoms with E-state index in [1.54, 1.807) is 5.01 Å². The molecule has 0 aliphatic carbocycles. The lowest BCUT2D eigenvalue weighted by Crippen LogP contribution is -2.20. The van der Waals surface area contributed by atoms with E-state index in [4.69, 9.17) is 0 Å². The number of carbonyl (C=O) groups is 1. The zero-order valence-electron chi connectivity index (χ0n) is 10.9. The lowest BCUT2D eigenvalue weighted by molar-refractivity contribution is -0.129. The third-order valence-corrected chi connectivity index (χ3v) is 3.43. The number of nitrogens with zero attached hydrogens (tertiary/aromatic N) is 2. The fourth-order valence-electron chi connectivity index (χ4n) is 1.82. The van der Waals surface area contributed by atoms with Crippen LogP contribution in [0.2, 0.25) is 0 Å². The first-order chi connectivity index (χ1) is 8.36. The molecule has 1 amide bonds. The topological polar surface area (TPSA) is 32.7 Å². The second-order valence-electron chi connectivity index (χ2n) is 5.55. The minimum Gasteiger partial charge on any atom is -0.273 e. The maximum atomic E-state index is 11.9. The summed E-state index contributed by atoms with van der Waals surface area (Å²) in [5, 5.41) is 6.02. The fourth-order valence-corrected chi connectivity index (χ4v) is 2.26. The molecular formula is C14H17BrN2O. The standard InChI is InChI=1S/C14H17BrN2O/c1-14(2,3)12-8-13(18)17(16-12)9-10-5-4-6-11(15)7-10/h4-7H,8-9H2,1-3H3. The highest BCUT2D eigenvalue weighted by molar-refractivity contribution is 9.10. The van der Waals surface area contributed by atoms with Crippen molar-refractivity contribution < 1.29 is 4.79 Å². The van der Waals surface area contributed by atoms with Crippen molar-refractivity contribution in [2.75, 3.05) is 0 Å². The lowest BCUT2D eigenvalue weighted by Gasteiger charge is -2.16. The van der Waals surface area contributed by atoms with E-state index in [1.165, 1.54) is 0 Å². The quantitative estimate of drug-likeness (QED) is 0.822. The average molecular weight is 309 g/mol. The van der Waals surface area contributed by atoms with Gasteiger partial charge in [-0.15, -0.1) is 0 Å². The van der Waals surface area contributed by atoms with Crippen molar-refractivity contribution in [1.82, 2.24) is 5.01 Å². The smallest absolute Gasteiger partial charge is 0.248 e. The van der Waals surface area contributed by atoms with Crippen LogP contribution in [-0.4, -0.2) is 16.6 Å². The Balaban J connectivity index is 2.15. The number of halogens is 1. The number of hydrogen-bond donors (Lipinski definition) is 0. The van der Waals surface area contributed by atoms with Gasteiger partial charge in [-0.3, -0.25) is 4.79 Å². The Labute approximate surface area is 116 Å². The van der Waals surface area contributed by atoms with E-state index in [2.05, 4.69) is 41.8 Å². The summed E-state index contributed by atoms with van der Waals surface area (Å²) in [5.41, 5.74) is 2.00. The minimum atomic E-state index is -0.0400. The molecule has 0 spiro atoms. The number of hydrazone groups is 1. The van der Waals surface area contributed by atoms with Gasteiger partial charge in [-0.25, -0.2) is 5.01 Å². The van der Waals surface area contributed by atoms with Gasteiger partial charge in [0.15, 0.2) is 0 Å². The summed E-state index contributed by atoms with van der Waals surface area (Å²) in [6, 6.07) is 7.95. The van der Waals surface area contributed by atoms with Crippen LogP contribution >= 0.6 is 15.9 Å². The fraction of sp³-hybridized carbons (Fsp3) is 0.429. The molecule has 0 aromatic heterocycles. The van der Waals surface area contributed by atoms with Crippen molar-refractivity contribution in [2.24, 2.45) is 10.5 Å². The highest BCUT2D eigenvalue weighted by atomic mass is 79.9. The van der Waals surface area contributed by atoms with Crippen LogP contribution in [0.15, 0.2) is 33.8 Å². The van der Waals surface area contributed by atoms with E-state index in [0.29, 0.717) is 13.0 Å². The van der Waals surface area contributed by atoms with Gasteiger partial charge in [0, 0.05) is 9.89 Å². The average Bonchev–Trinajstić information content (AvgIpc) is 2.60. The summed E-state index contributed by atoms with van der Waals surface area (Å²) < 4.78 is 1.02. The molecule has 18 heavy (non-hydrogen) atoms. The molecule has 1 aromatic rings. The molecule has 1 aliphatic rings. The molecule has 3 nitrogen and oxygen atoms in total. The number of hydrogen-bond acceptors (Lipinski definition) is 2. The van der Waals surface area contributed by atoms with Crippen molar-refractivity contribution >= 4 is 27.5 Å². The van der Waals surface area contributed by atoms with E-state index in [-0.39, 0.29) is 11.3 Å². The molecule has 96 valence electrons. The molecular weight excluding hydrogens is 292 g/mol. The van der Waals surface area contributed by atoms with E-state index >= 15 is 0 Å². The first-order valence-corrected chi connectivity index (χ1v) is 6.78. The first-order valence-electron chi connectivity index (χ1n) is 5.99. The van der Waals surface area contributed by atoms with E-state index in [0.717, 1.165) is 15.7 Å².